The Morgan fingerprint density at radius 2 is 1.86 bits per heavy atom. The zero-order valence-corrected chi connectivity index (χ0v) is 17.6. The van der Waals surface area contributed by atoms with Crippen molar-refractivity contribution in [3.05, 3.63) is 59.5 Å². The molecule has 1 aliphatic rings. The summed E-state index contributed by atoms with van der Waals surface area (Å²) in [5.41, 5.74) is 3.08. The monoisotopic (exact) mass is 397 g/mol. The number of hydrogen-bond acceptors (Lipinski definition) is 4. The number of likely N-dealkylation sites (tertiary alicyclic amines) is 1. The van der Waals surface area contributed by atoms with E-state index in [2.05, 4.69) is 41.4 Å². The van der Waals surface area contributed by atoms with E-state index in [9.17, 15) is 9.59 Å². The Hall–Kier alpha value is -2.60. The molecule has 1 fully saturated rings. The van der Waals surface area contributed by atoms with Crippen molar-refractivity contribution < 1.29 is 14.0 Å². The van der Waals surface area contributed by atoms with Crippen molar-refractivity contribution in [2.45, 2.75) is 32.2 Å². The minimum atomic E-state index is -0.0475. The van der Waals surface area contributed by atoms with Gasteiger partial charge in [0.05, 0.1) is 17.9 Å². The maximum Gasteiger partial charge on any atom is 0.257 e. The summed E-state index contributed by atoms with van der Waals surface area (Å²) >= 11 is 0. The van der Waals surface area contributed by atoms with E-state index in [1.165, 1.54) is 23.7 Å². The van der Waals surface area contributed by atoms with E-state index in [0.717, 1.165) is 6.42 Å². The van der Waals surface area contributed by atoms with E-state index in [-0.39, 0.29) is 23.8 Å². The van der Waals surface area contributed by atoms with Gasteiger partial charge in [0, 0.05) is 25.6 Å². The smallest absolute Gasteiger partial charge is 0.257 e. The summed E-state index contributed by atoms with van der Waals surface area (Å²) in [6.45, 7) is 3.91. The zero-order chi connectivity index (χ0) is 20.8. The lowest BCUT2D eigenvalue weighted by molar-refractivity contribution is -0.126. The van der Waals surface area contributed by atoms with Gasteiger partial charge in [-0.3, -0.25) is 9.59 Å². The van der Waals surface area contributed by atoms with Crippen LogP contribution in [0.3, 0.4) is 0 Å². The molecular weight excluding hydrogens is 366 g/mol. The van der Waals surface area contributed by atoms with Crippen molar-refractivity contribution in [1.29, 1.82) is 0 Å². The van der Waals surface area contributed by atoms with Crippen LogP contribution >= 0.6 is 0 Å². The molecule has 2 amide bonds. The summed E-state index contributed by atoms with van der Waals surface area (Å²) in [7, 11) is 4.06. The van der Waals surface area contributed by atoms with E-state index in [1.807, 2.05) is 14.1 Å². The molecule has 2 aromatic rings. The molecule has 1 saturated heterocycles. The van der Waals surface area contributed by atoms with Gasteiger partial charge in [-0.2, -0.15) is 0 Å². The summed E-state index contributed by atoms with van der Waals surface area (Å²) in [4.78, 5) is 29.0. The van der Waals surface area contributed by atoms with Crippen molar-refractivity contribution in [2.75, 3.05) is 33.7 Å². The highest BCUT2D eigenvalue weighted by molar-refractivity contribution is 5.94. The highest BCUT2D eigenvalue weighted by Gasteiger charge is 2.28. The maximum absolute atomic E-state index is 12.7. The quantitative estimate of drug-likeness (QED) is 0.780. The summed E-state index contributed by atoms with van der Waals surface area (Å²) in [5, 5.41) is 3.13. The van der Waals surface area contributed by atoms with Crippen LogP contribution in [0.1, 0.15) is 47.3 Å². The van der Waals surface area contributed by atoms with Crippen molar-refractivity contribution in [2.24, 2.45) is 5.92 Å². The summed E-state index contributed by atoms with van der Waals surface area (Å²) in [5.74, 6) is 0.00641. The van der Waals surface area contributed by atoms with Crippen LogP contribution < -0.4 is 5.32 Å². The van der Waals surface area contributed by atoms with Crippen LogP contribution in [0.25, 0.3) is 0 Å². The standard InChI is InChI=1S/C23H31N3O3/c1-4-17-5-7-18(8-6-17)21(25(2)3)15-24-22(27)19-9-12-26(13-10-19)23(28)20-11-14-29-16-20/h5-8,11,14,16,19,21H,4,9-10,12-13,15H2,1-3H3,(H,24,27). The van der Waals surface area contributed by atoms with Crippen molar-refractivity contribution in [3.8, 4) is 0 Å². The van der Waals surface area contributed by atoms with Gasteiger partial charge in [0.1, 0.15) is 6.26 Å². The van der Waals surface area contributed by atoms with Crippen LogP contribution in [0.2, 0.25) is 0 Å². The number of carbonyl (C=O) groups is 2. The van der Waals surface area contributed by atoms with Crippen LogP contribution in [0.4, 0.5) is 0 Å². The highest BCUT2D eigenvalue weighted by Crippen LogP contribution is 2.21. The Morgan fingerprint density at radius 1 is 1.17 bits per heavy atom. The lowest BCUT2D eigenvalue weighted by atomic mass is 9.95. The summed E-state index contributed by atoms with van der Waals surface area (Å²) in [6.07, 6.45) is 5.37. The van der Waals surface area contributed by atoms with E-state index < -0.39 is 0 Å². The van der Waals surface area contributed by atoms with E-state index in [0.29, 0.717) is 38.0 Å². The Morgan fingerprint density at radius 3 is 2.41 bits per heavy atom. The maximum atomic E-state index is 12.7. The largest absolute Gasteiger partial charge is 0.472 e. The number of likely N-dealkylation sites (N-methyl/N-ethyl adjacent to an activating group) is 1. The zero-order valence-electron chi connectivity index (χ0n) is 17.6. The molecule has 1 unspecified atom stereocenters. The van der Waals surface area contributed by atoms with Crippen LogP contribution in [-0.4, -0.2) is 55.3 Å². The molecule has 2 heterocycles. The SMILES string of the molecule is CCc1ccc(C(CNC(=O)C2CCN(C(=O)c3ccoc3)CC2)N(C)C)cc1. The molecule has 1 aliphatic heterocycles. The van der Waals surface area contributed by atoms with Gasteiger partial charge in [-0.05, 0) is 50.6 Å². The van der Waals surface area contributed by atoms with Crippen LogP contribution in [-0.2, 0) is 11.2 Å². The number of carbonyl (C=O) groups excluding carboxylic acids is 2. The first-order chi connectivity index (χ1) is 14.0. The molecule has 1 aromatic carbocycles. The Labute approximate surface area is 172 Å². The Bertz CT molecular complexity index is 791. The second kappa shape index (κ2) is 9.74. The van der Waals surface area contributed by atoms with Crippen molar-refractivity contribution in [1.82, 2.24) is 15.1 Å². The van der Waals surface area contributed by atoms with Gasteiger partial charge in [-0.1, -0.05) is 31.2 Å². The molecule has 1 N–H and O–H groups in total. The minimum Gasteiger partial charge on any atom is -0.472 e. The molecule has 156 valence electrons. The number of amides is 2. The normalized spacial score (nSPS) is 16.1. The third-order valence-electron chi connectivity index (χ3n) is 5.79. The number of rotatable bonds is 7. The summed E-state index contributed by atoms with van der Waals surface area (Å²) < 4.78 is 4.99. The van der Waals surface area contributed by atoms with Gasteiger partial charge >= 0.3 is 0 Å². The van der Waals surface area contributed by atoms with E-state index in [4.69, 9.17) is 4.42 Å². The second-order valence-corrected chi connectivity index (χ2v) is 7.90. The first kappa shape index (κ1) is 21.1. The van der Waals surface area contributed by atoms with Gasteiger partial charge in [0.15, 0.2) is 0 Å². The number of aryl methyl sites for hydroxylation is 1. The molecule has 3 rings (SSSR count). The van der Waals surface area contributed by atoms with Gasteiger partial charge in [-0.25, -0.2) is 0 Å². The number of benzene rings is 1. The number of piperidine rings is 1. The highest BCUT2D eigenvalue weighted by atomic mass is 16.3. The molecule has 1 aromatic heterocycles. The lowest BCUT2D eigenvalue weighted by Crippen LogP contribution is -2.44. The average Bonchev–Trinajstić information content (AvgIpc) is 3.28. The predicted octanol–water partition coefficient (Wildman–Crippen LogP) is 3.11. The molecule has 0 saturated carbocycles. The second-order valence-electron chi connectivity index (χ2n) is 7.90. The van der Waals surface area contributed by atoms with Crippen LogP contribution in [0.15, 0.2) is 47.3 Å². The first-order valence-electron chi connectivity index (χ1n) is 10.3. The average molecular weight is 398 g/mol. The molecule has 0 radical (unpaired) electrons. The fraction of sp³-hybridized carbons (Fsp3) is 0.478. The van der Waals surface area contributed by atoms with Crippen LogP contribution in [0, 0.1) is 5.92 Å². The third kappa shape index (κ3) is 5.26. The van der Waals surface area contributed by atoms with Gasteiger partial charge in [0.2, 0.25) is 5.91 Å². The van der Waals surface area contributed by atoms with Gasteiger partial charge < -0.3 is 19.5 Å². The first-order valence-corrected chi connectivity index (χ1v) is 10.3. The van der Waals surface area contributed by atoms with E-state index in [1.54, 1.807) is 11.0 Å². The van der Waals surface area contributed by atoms with Gasteiger partial charge in [0.25, 0.3) is 5.91 Å². The molecule has 6 nitrogen and oxygen atoms in total. The fourth-order valence-electron chi connectivity index (χ4n) is 3.83. The molecule has 1 atom stereocenters. The van der Waals surface area contributed by atoms with E-state index >= 15 is 0 Å². The predicted molar refractivity (Wildman–Crippen MR) is 113 cm³/mol. The number of nitrogens with zero attached hydrogens (tertiary/aromatic N) is 2. The molecule has 0 spiro atoms. The molecule has 0 bridgehead atoms. The molecular formula is C23H31N3O3. The minimum absolute atomic E-state index is 0.0270. The number of hydrogen-bond donors (Lipinski definition) is 1. The number of furan rings is 1. The van der Waals surface area contributed by atoms with Gasteiger partial charge in [-0.15, -0.1) is 0 Å². The topological polar surface area (TPSA) is 65.8 Å². The molecule has 6 heteroatoms. The van der Waals surface area contributed by atoms with Crippen molar-refractivity contribution >= 4 is 11.8 Å². The Balaban J connectivity index is 1.51. The molecule has 0 aliphatic carbocycles. The van der Waals surface area contributed by atoms with Crippen molar-refractivity contribution in [3.63, 3.8) is 0 Å². The molecule has 29 heavy (non-hydrogen) atoms. The summed E-state index contributed by atoms with van der Waals surface area (Å²) in [6, 6.07) is 10.4. The lowest BCUT2D eigenvalue weighted by Gasteiger charge is -2.32. The third-order valence-corrected chi connectivity index (χ3v) is 5.79. The van der Waals surface area contributed by atoms with Crippen LogP contribution in [0.5, 0.6) is 0 Å². The Kier molecular flexibility index (Phi) is 7.09. The fourth-order valence-corrected chi connectivity index (χ4v) is 3.83. The number of nitrogens with one attached hydrogen (secondary N) is 1.